The molecule has 0 atom stereocenters. The average molecular weight is 307 g/mol. The Morgan fingerprint density at radius 2 is 1.86 bits per heavy atom. The summed E-state index contributed by atoms with van der Waals surface area (Å²) in [7, 11) is 0. The third kappa shape index (κ3) is 3.94. The molecule has 7 heteroatoms. The second-order valence-electron chi connectivity index (χ2n) is 6.08. The first-order chi connectivity index (χ1) is 10.3. The van der Waals surface area contributed by atoms with Crippen molar-refractivity contribution in [1.29, 1.82) is 0 Å². The Bertz CT molecular complexity index is 543. The minimum Gasteiger partial charge on any atom is -0.490 e. The summed E-state index contributed by atoms with van der Waals surface area (Å²) in [5, 5.41) is 10.6. The number of piperidine rings is 1. The molecule has 1 amide bonds. The van der Waals surface area contributed by atoms with Gasteiger partial charge in [0.1, 0.15) is 11.9 Å². The van der Waals surface area contributed by atoms with E-state index in [9.17, 15) is 14.9 Å². The van der Waals surface area contributed by atoms with Crippen molar-refractivity contribution in [3.05, 3.63) is 34.4 Å². The van der Waals surface area contributed by atoms with E-state index in [0.29, 0.717) is 18.8 Å². The van der Waals surface area contributed by atoms with Gasteiger partial charge in [-0.2, -0.15) is 0 Å². The van der Waals surface area contributed by atoms with Gasteiger partial charge in [-0.15, -0.1) is 0 Å². The first kappa shape index (κ1) is 16.2. The third-order valence-corrected chi connectivity index (χ3v) is 3.63. The van der Waals surface area contributed by atoms with E-state index in [-0.39, 0.29) is 17.7 Å². The molecule has 0 unspecified atom stereocenters. The van der Waals surface area contributed by atoms with Crippen LogP contribution >= 0.6 is 0 Å². The van der Waals surface area contributed by atoms with Gasteiger partial charge in [0.05, 0.1) is 10.5 Å². The summed E-state index contributed by atoms with van der Waals surface area (Å²) in [5.41, 5.74) is 5.01. The highest BCUT2D eigenvalue weighted by Crippen LogP contribution is 2.22. The quantitative estimate of drug-likeness (QED) is 0.674. The van der Waals surface area contributed by atoms with Gasteiger partial charge in [-0.1, -0.05) is 0 Å². The topological polar surface area (TPSA) is 98.7 Å². The van der Waals surface area contributed by atoms with Crippen molar-refractivity contribution in [2.75, 3.05) is 13.1 Å². The van der Waals surface area contributed by atoms with Crippen LogP contribution in [-0.4, -0.2) is 40.5 Å². The molecule has 0 aliphatic carbocycles. The normalized spacial score (nSPS) is 16.4. The molecule has 1 aromatic rings. The molecule has 7 nitrogen and oxygen atoms in total. The number of nitrogens with two attached hydrogens (primary N) is 1. The number of hydrogen-bond acceptors (Lipinski definition) is 5. The van der Waals surface area contributed by atoms with E-state index in [2.05, 4.69) is 0 Å². The summed E-state index contributed by atoms with van der Waals surface area (Å²) in [4.78, 5) is 24.0. The number of nitro benzene ring substituents is 1. The molecule has 0 radical (unpaired) electrons. The van der Waals surface area contributed by atoms with Crippen molar-refractivity contribution < 1.29 is 14.5 Å². The maximum absolute atomic E-state index is 12.1. The van der Waals surface area contributed by atoms with Crippen molar-refractivity contribution in [2.24, 2.45) is 5.73 Å². The number of hydrogen-bond donors (Lipinski definition) is 1. The molecule has 2 rings (SSSR count). The molecule has 1 heterocycles. The molecule has 120 valence electrons. The lowest BCUT2D eigenvalue weighted by Crippen LogP contribution is -2.54. The van der Waals surface area contributed by atoms with Gasteiger partial charge in [0.2, 0.25) is 5.91 Å². The van der Waals surface area contributed by atoms with Crippen LogP contribution in [-0.2, 0) is 4.79 Å². The van der Waals surface area contributed by atoms with E-state index in [1.165, 1.54) is 12.1 Å². The molecule has 0 saturated carbocycles. The number of carbonyl (C=O) groups excluding carboxylic acids is 1. The van der Waals surface area contributed by atoms with E-state index in [1.807, 2.05) is 0 Å². The van der Waals surface area contributed by atoms with Gasteiger partial charge in [-0.25, -0.2) is 0 Å². The van der Waals surface area contributed by atoms with Crippen LogP contribution in [0.15, 0.2) is 24.3 Å². The lowest BCUT2D eigenvalue weighted by atomic mass is 10.0. The first-order valence-electron chi connectivity index (χ1n) is 7.27. The summed E-state index contributed by atoms with van der Waals surface area (Å²) in [6, 6.07) is 6.03. The molecule has 1 fully saturated rings. The van der Waals surface area contributed by atoms with E-state index < -0.39 is 10.5 Å². The Labute approximate surface area is 129 Å². The Hall–Kier alpha value is -2.15. The van der Waals surface area contributed by atoms with Crippen molar-refractivity contribution in [2.45, 2.75) is 38.3 Å². The average Bonchev–Trinajstić information content (AvgIpc) is 2.47. The molecule has 1 aliphatic rings. The predicted molar refractivity (Wildman–Crippen MR) is 81.6 cm³/mol. The molecule has 0 aromatic heterocycles. The van der Waals surface area contributed by atoms with E-state index >= 15 is 0 Å². The zero-order valence-corrected chi connectivity index (χ0v) is 12.8. The maximum atomic E-state index is 12.1. The van der Waals surface area contributed by atoms with Gasteiger partial charge in [0.15, 0.2) is 0 Å². The number of benzene rings is 1. The Kier molecular flexibility index (Phi) is 4.65. The lowest BCUT2D eigenvalue weighted by Gasteiger charge is -2.35. The molecule has 0 spiro atoms. The van der Waals surface area contributed by atoms with Gasteiger partial charge in [0, 0.05) is 38.1 Å². The largest absolute Gasteiger partial charge is 0.490 e. The van der Waals surface area contributed by atoms with Crippen LogP contribution in [0.4, 0.5) is 5.69 Å². The predicted octanol–water partition coefficient (Wildman–Crippen LogP) is 1.70. The summed E-state index contributed by atoms with van der Waals surface area (Å²) in [5.74, 6) is 0.552. The molecule has 1 aromatic carbocycles. The van der Waals surface area contributed by atoms with E-state index in [0.717, 1.165) is 12.8 Å². The zero-order valence-electron chi connectivity index (χ0n) is 12.8. The van der Waals surface area contributed by atoms with Crippen molar-refractivity contribution in [3.8, 4) is 5.75 Å². The molecule has 1 aliphatic heterocycles. The number of rotatable bonds is 4. The van der Waals surface area contributed by atoms with Crippen LogP contribution in [0, 0.1) is 10.1 Å². The molecule has 2 N–H and O–H groups in total. The molecule has 22 heavy (non-hydrogen) atoms. The van der Waals surface area contributed by atoms with E-state index in [4.69, 9.17) is 10.5 Å². The van der Waals surface area contributed by atoms with Gasteiger partial charge < -0.3 is 15.4 Å². The molecular formula is C15H21N3O4. The highest BCUT2D eigenvalue weighted by Gasteiger charge is 2.31. The Balaban J connectivity index is 1.87. The first-order valence-corrected chi connectivity index (χ1v) is 7.27. The highest BCUT2D eigenvalue weighted by molar-refractivity contribution is 5.85. The number of amides is 1. The Morgan fingerprint density at radius 1 is 1.32 bits per heavy atom. The second kappa shape index (κ2) is 6.31. The smallest absolute Gasteiger partial charge is 0.269 e. The third-order valence-electron chi connectivity index (χ3n) is 3.63. The SMILES string of the molecule is CC(C)(N)C(=O)N1CCC(Oc2ccc([N+](=O)[O-])cc2)CC1. The summed E-state index contributed by atoms with van der Waals surface area (Å²) in [6.45, 7) is 4.62. The van der Waals surface area contributed by atoms with Crippen molar-refractivity contribution >= 4 is 11.6 Å². The lowest BCUT2D eigenvalue weighted by molar-refractivity contribution is -0.384. The van der Waals surface area contributed by atoms with Crippen LogP contribution in [0.3, 0.4) is 0 Å². The standard InChI is InChI=1S/C15H21N3O4/c1-15(2,16)14(19)17-9-7-13(8-10-17)22-12-5-3-11(4-6-12)18(20)21/h3-6,13H,7-10,16H2,1-2H3. The fourth-order valence-corrected chi connectivity index (χ4v) is 2.42. The molecule has 0 bridgehead atoms. The fraction of sp³-hybridized carbons (Fsp3) is 0.533. The number of carbonyl (C=O) groups is 1. The highest BCUT2D eigenvalue weighted by atomic mass is 16.6. The van der Waals surface area contributed by atoms with E-state index in [1.54, 1.807) is 30.9 Å². The monoisotopic (exact) mass is 307 g/mol. The summed E-state index contributed by atoms with van der Waals surface area (Å²) in [6.07, 6.45) is 1.45. The van der Waals surface area contributed by atoms with Gasteiger partial charge in [-0.05, 0) is 26.0 Å². The second-order valence-corrected chi connectivity index (χ2v) is 6.08. The zero-order chi connectivity index (χ0) is 16.3. The van der Waals surface area contributed by atoms with Gasteiger partial charge in [0.25, 0.3) is 5.69 Å². The van der Waals surface area contributed by atoms with Gasteiger partial charge in [-0.3, -0.25) is 14.9 Å². The number of non-ortho nitro benzene ring substituents is 1. The Morgan fingerprint density at radius 3 is 2.32 bits per heavy atom. The number of ether oxygens (including phenoxy) is 1. The molecule has 1 saturated heterocycles. The van der Waals surface area contributed by atoms with Gasteiger partial charge >= 0.3 is 0 Å². The maximum Gasteiger partial charge on any atom is 0.269 e. The fourth-order valence-electron chi connectivity index (χ4n) is 2.42. The van der Waals surface area contributed by atoms with Crippen molar-refractivity contribution in [1.82, 2.24) is 4.90 Å². The molecular weight excluding hydrogens is 286 g/mol. The van der Waals surface area contributed by atoms with Crippen LogP contribution < -0.4 is 10.5 Å². The minimum absolute atomic E-state index is 0.00592. The van der Waals surface area contributed by atoms with Crippen LogP contribution in [0.25, 0.3) is 0 Å². The van der Waals surface area contributed by atoms with Crippen LogP contribution in [0.2, 0.25) is 0 Å². The number of nitrogens with zero attached hydrogens (tertiary/aromatic N) is 2. The summed E-state index contributed by atoms with van der Waals surface area (Å²) < 4.78 is 5.81. The van der Waals surface area contributed by atoms with Crippen LogP contribution in [0.1, 0.15) is 26.7 Å². The summed E-state index contributed by atoms with van der Waals surface area (Å²) >= 11 is 0. The van der Waals surface area contributed by atoms with Crippen molar-refractivity contribution in [3.63, 3.8) is 0 Å². The van der Waals surface area contributed by atoms with Crippen LogP contribution in [0.5, 0.6) is 5.75 Å². The number of likely N-dealkylation sites (tertiary alicyclic amines) is 1. The minimum atomic E-state index is -0.855. The number of nitro groups is 1.